The molecule has 0 aliphatic rings. The van der Waals surface area contributed by atoms with E-state index < -0.39 is 0 Å². The lowest BCUT2D eigenvalue weighted by Crippen LogP contribution is -2.06. The predicted molar refractivity (Wildman–Crippen MR) is 118 cm³/mol. The van der Waals surface area contributed by atoms with Crippen LogP contribution in [-0.4, -0.2) is 18.9 Å². The number of methoxy groups -OCH3 is 1. The number of ketones is 1. The third-order valence-corrected chi connectivity index (χ3v) is 5.33. The van der Waals surface area contributed by atoms with Crippen LogP contribution >= 0.6 is 0 Å². The fourth-order valence-electron chi connectivity index (χ4n) is 3.51. The van der Waals surface area contributed by atoms with Crippen LogP contribution in [0.2, 0.25) is 0 Å². The number of carbonyl (C=O) groups is 2. The molecule has 0 bridgehead atoms. The normalized spacial score (nSPS) is 10.7. The molecule has 0 N–H and O–H groups in total. The summed E-state index contributed by atoms with van der Waals surface area (Å²) in [6.07, 6.45) is 11.6. The molecular formula is C26H34O3. The Hall–Kier alpha value is -2.42. The molecular weight excluding hydrogens is 360 g/mol. The molecule has 0 aliphatic heterocycles. The summed E-state index contributed by atoms with van der Waals surface area (Å²) < 4.78 is 4.57. The zero-order valence-corrected chi connectivity index (χ0v) is 17.7. The second-order valence-corrected chi connectivity index (χ2v) is 7.66. The van der Waals surface area contributed by atoms with Crippen molar-refractivity contribution in [1.29, 1.82) is 0 Å². The Morgan fingerprint density at radius 3 is 1.72 bits per heavy atom. The topological polar surface area (TPSA) is 43.4 Å². The molecule has 2 aromatic rings. The van der Waals surface area contributed by atoms with Crippen LogP contribution < -0.4 is 0 Å². The summed E-state index contributed by atoms with van der Waals surface area (Å²) in [6.45, 7) is 0. The van der Waals surface area contributed by atoms with E-state index in [0.29, 0.717) is 5.56 Å². The zero-order chi connectivity index (χ0) is 20.7. The van der Waals surface area contributed by atoms with Crippen molar-refractivity contribution in [2.45, 2.75) is 70.6 Å². The van der Waals surface area contributed by atoms with E-state index >= 15 is 0 Å². The summed E-state index contributed by atoms with van der Waals surface area (Å²) in [5.41, 5.74) is 3.40. The molecule has 3 nitrogen and oxygen atoms in total. The van der Waals surface area contributed by atoms with Gasteiger partial charge in [-0.3, -0.25) is 9.59 Å². The van der Waals surface area contributed by atoms with Gasteiger partial charge < -0.3 is 4.74 Å². The lowest BCUT2D eigenvalue weighted by Gasteiger charge is -2.05. The van der Waals surface area contributed by atoms with Crippen LogP contribution in [0.15, 0.2) is 54.6 Å². The second kappa shape index (κ2) is 13.7. The Morgan fingerprint density at radius 2 is 1.17 bits per heavy atom. The van der Waals surface area contributed by atoms with Crippen LogP contribution in [0, 0.1) is 0 Å². The van der Waals surface area contributed by atoms with Crippen molar-refractivity contribution in [1.82, 2.24) is 0 Å². The van der Waals surface area contributed by atoms with Crippen molar-refractivity contribution in [2.24, 2.45) is 0 Å². The highest BCUT2D eigenvalue weighted by Gasteiger charge is 2.09. The highest BCUT2D eigenvalue weighted by atomic mass is 16.5. The van der Waals surface area contributed by atoms with Crippen LogP contribution in [0.25, 0.3) is 0 Å². The quantitative estimate of drug-likeness (QED) is 0.213. The zero-order valence-electron chi connectivity index (χ0n) is 17.7. The second-order valence-electron chi connectivity index (χ2n) is 7.66. The number of unbranched alkanes of at least 4 members (excludes halogenated alkanes) is 6. The summed E-state index contributed by atoms with van der Waals surface area (Å²) in [4.78, 5) is 23.2. The van der Waals surface area contributed by atoms with Gasteiger partial charge in [-0.25, -0.2) is 0 Å². The number of Topliss-reactive ketones (excluding diaryl/α,β-unsaturated/α-hetero) is 1. The SMILES string of the molecule is COC(=O)CCC(=O)c1ccc(CCCCCCCCCc2ccccc2)cc1. The maximum absolute atomic E-state index is 12.1. The average Bonchev–Trinajstić information content (AvgIpc) is 2.77. The Labute approximate surface area is 175 Å². The molecule has 0 saturated heterocycles. The molecule has 0 spiro atoms. The molecule has 0 fully saturated rings. The molecule has 29 heavy (non-hydrogen) atoms. The van der Waals surface area contributed by atoms with E-state index in [-0.39, 0.29) is 24.6 Å². The standard InChI is InChI=1S/C26H34O3/c1-29-26(28)21-20-25(27)24-18-16-23(17-19-24)15-9-6-4-2-3-5-8-12-22-13-10-7-11-14-22/h7,10-11,13-14,16-19H,2-6,8-9,12,15,20-21H2,1H3. The number of carbonyl (C=O) groups excluding carboxylic acids is 2. The summed E-state index contributed by atoms with van der Waals surface area (Å²) in [5, 5.41) is 0. The van der Waals surface area contributed by atoms with Gasteiger partial charge in [0, 0.05) is 12.0 Å². The van der Waals surface area contributed by atoms with Crippen molar-refractivity contribution in [3.8, 4) is 0 Å². The Bertz CT molecular complexity index is 719. The highest BCUT2D eigenvalue weighted by molar-refractivity contribution is 5.97. The number of hydrogen-bond acceptors (Lipinski definition) is 3. The molecule has 0 atom stereocenters. The van der Waals surface area contributed by atoms with Crippen LogP contribution in [0.4, 0.5) is 0 Å². The third kappa shape index (κ3) is 9.56. The first-order chi connectivity index (χ1) is 14.2. The van der Waals surface area contributed by atoms with E-state index in [1.807, 2.05) is 24.3 Å². The molecule has 0 aliphatic carbocycles. The minimum absolute atomic E-state index is 0.00536. The fraction of sp³-hybridized carbons (Fsp3) is 0.462. The minimum atomic E-state index is -0.342. The van der Waals surface area contributed by atoms with Crippen molar-refractivity contribution < 1.29 is 14.3 Å². The van der Waals surface area contributed by atoms with E-state index in [9.17, 15) is 9.59 Å². The largest absolute Gasteiger partial charge is 0.469 e. The van der Waals surface area contributed by atoms with Gasteiger partial charge in [-0.05, 0) is 36.8 Å². The molecule has 156 valence electrons. The molecule has 0 heterocycles. The summed E-state index contributed by atoms with van der Waals surface area (Å²) in [5.74, 6) is -0.347. The molecule has 0 saturated carbocycles. The monoisotopic (exact) mass is 394 g/mol. The van der Waals surface area contributed by atoms with E-state index in [1.54, 1.807) is 0 Å². The van der Waals surface area contributed by atoms with Crippen LogP contribution in [0.5, 0.6) is 0 Å². The smallest absolute Gasteiger partial charge is 0.305 e. The maximum Gasteiger partial charge on any atom is 0.305 e. The van der Waals surface area contributed by atoms with Crippen molar-refractivity contribution in [3.05, 3.63) is 71.3 Å². The fourth-order valence-corrected chi connectivity index (χ4v) is 3.51. The van der Waals surface area contributed by atoms with Gasteiger partial charge in [-0.2, -0.15) is 0 Å². The van der Waals surface area contributed by atoms with Gasteiger partial charge in [0.15, 0.2) is 5.78 Å². The van der Waals surface area contributed by atoms with Crippen molar-refractivity contribution in [3.63, 3.8) is 0 Å². The number of aryl methyl sites for hydroxylation is 2. The maximum atomic E-state index is 12.1. The molecule has 0 radical (unpaired) electrons. The minimum Gasteiger partial charge on any atom is -0.469 e. The first-order valence-electron chi connectivity index (χ1n) is 10.9. The van der Waals surface area contributed by atoms with Gasteiger partial charge in [-0.1, -0.05) is 86.7 Å². The Morgan fingerprint density at radius 1 is 0.655 bits per heavy atom. The van der Waals surface area contributed by atoms with Gasteiger partial charge in [0.1, 0.15) is 0 Å². The molecule has 0 aromatic heterocycles. The molecule has 2 rings (SSSR count). The lowest BCUT2D eigenvalue weighted by molar-refractivity contribution is -0.140. The van der Waals surface area contributed by atoms with Crippen molar-refractivity contribution >= 4 is 11.8 Å². The first-order valence-corrected chi connectivity index (χ1v) is 10.9. The molecule has 0 amide bonds. The van der Waals surface area contributed by atoms with E-state index in [2.05, 4.69) is 35.1 Å². The highest BCUT2D eigenvalue weighted by Crippen LogP contribution is 2.14. The number of hydrogen-bond donors (Lipinski definition) is 0. The lowest BCUT2D eigenvalue weighted by atomic mass is 10.0. The van der Waals surface area contributed by atoms with Gasteiger partial charge >= 0.3 is 5.97 Å². The van der Waals surface area contributed by atoms with Gasteiger partial charge in [0.05, 0.1) is 13.5 Å². The van der Waals surface area contributed by atoms with E-state index in [0.717, 1.165) is 6.42 Å². The van der Waals surface area contributed by atoms with E-state index in [1.165, 1.54) is 69.6 Å². The van der Waals surface area contributed by atoms with Gasteiger partial charge in [0.25, 0.3) is 0 Å². The first kappa shape index (κ1) is 22.9. The molecule has 3 heteroatoms. The van der Waals surface area contributed by atoms with Crippen LogP contribution in [0.3, 0.4) is 0 Å². The Kier molecular flexibility index (Phi) is 10.8. The number of ether oxygens (including phenoxy) is 1. The number of benzene rings is 2. The summed E-state index contributed by atoms with van der Waals surface area (Å²) in [7, 11) is 1.34. The van der Waals surface area contributed by atoms with Crippen LogP contribution in [-0.2, 0) is 22.4 Å². The van der Waals surface area contributed by atoms with Gasteiger partial charge in [0.2, 0.25) is 0 Å². The summed E-state index contributed by atoms with van der Waals surface area (Å²) >= 11 is 0. The number of esters is 1. The number of rotatable bonds is 14. The molecule has 2 aromatic carbocycles. The van der Waals surface area contributed by atoms with Crippen LogP contribution in [0.1, 0.15) is 79.3 Å². The molecule has 0 unspecified atom stereocenters. The summed E-state index contributed by atoms with van der Waals surface area (Å²) in [6, 6.07) is 18.6. The van der Waals surface area contributed by atoms with Crippen molar-refractivity contribution in [2.75, 3.05) is 7.11 Å². The van der Waals surface area contributed by atoms with E-state index in [4.69, 9.17) is 0 Å². The predicted octanol–water partition coefficient (Wildman–Crippen LogP) is 6.34. The average molecular weight is 395 g/mol. The van der Waals surface area contributed by atoms with Gasteiger partial charge in [-0.15, -0.1) is 0 Å². The Balaban J connectivity index is 1.50. The third-order valence-electron chi connectivity index (χ3n) is 5.33.